The lowest BCUT2D eigenvalue weighted by Crippen LogP contribution is -2.43. The number of nitrogens with zero attached hydrogens (tertiary/aromatic N) is 2. The molecule has 28 heavy (non-hydrogen) atoms. The van der Waals surface area contributed by atoms with E-state index in [0.29, 0.717) is 5.56 Å². The second-order valence-corrected chi connectivity index (χ2v) is 7.57. The molecule has 0 aliphatic heterocycles. The molecule has 5 nitrogen and oxygen atoms in total. The third-order valence-corrected chi connectivity index (χ3v) is 5.35. The number of ether oxygens (including phenoxy) is 1. The van der Waals surface area contributed by atoms with Crippen LogP contribution in [0.3, 0.4) is 0 Å². The summed E-state index contributed by atoms with van der Waals surface area (Å²) in [5.74, 6) is -0.847. The van der Waals surface area contributed by atoms with Gasteiger partial charge < -0.3 is 9.64 Å². The first-order chi connectivity index (χ1) is 13.5. The summed E-state index contributed by atoms with van der Waals surface area (Å²) in [6.07, 6.45) is 5.32. The van der Waals surface area contributed by atoms with Gasteiger partial charge >= 0.3 is 5.97 Å². The Morgan fingerprint density at radius 3 is 2.46 bits per heavy atom. The highest BCUT2D eigenvalue weighted by Crippen LogP contribution is 2.28. The Morgan fingerprint density at radius 2 is 1.82 bits per heavy atom. The van der Waals surface area contributed by atoms with Crippen molar-refractivity contribution in [2.75, 3.05) is 11.5 Å². The predicted octanol–water partition coefficient (Wildman–Crippen LogP) is 4.87. The van der Waals surface area contributed by atoms with Crippen molar-refractivity contribution in [3.8, 4) is 0 Å². The Bertz CT molecular complexity index is 825. The van der Waals surface area contributed by atoms with Crippen molar-refractivity contribution in [1.82, 2.24) is 4.98 Å². The molecule has 0 saturated heterocycles. The van der Waals surface area contributed by atoms with Crippen LogP contribution in [0.5, 0.6) is 0 Å². The molecule has 0 bridgehead atoms. The number of anilines is 1. The van der Waals surface area contributed by atoms with Crippen LogP contribution in [0.1, 0.15) is 53.7 Å². The Hall–Kier alpha value is -2.40. The first-order valence-corrected chi connectivity index (χ1v) is 10.0. The second kappa shape index (κ2) is 9.20. The van der Waals surface area contributed by atoms with E-state index in [-0.39, 0.29) is 29.3 Å². The van der Waals surface area contributed by atoms with E-state index in [1.165, 1.54) is 6.42 Å². The van der Waals surface area contributed by atoms with Crippen LogP contribution in [0.4, 0.5) is 5.69 Å². The summed E-state index contributed by atoms with van der Waals surface area (Å²) in [6.45, 7) is 3.25. The van der Waals surface area contributed by atoms with Gasteiger partial charge in [-0.15, -0.1) is 0 Å². The average Bonchev–Trinajstić information content (AvgIpc) is 2.67. The number of esters is 1. The predicted molar refractivity (Wildman–Crippen MR) is 110 cm³/mol. The Labute approximate surface area is 170 Å². The first-order valence-electron chi connectivity index (χ1n) is 9.65. The minimum Gasteiger partial charge on any atom is -0.452 e. The number of para-hydroxylation sites is 1. The van der Waals surface area contributed by atoms with E-state index in [2.05, 4.69) is 4.98 Å². The quantitative estimate of drug-likeness (QED) is 0.530. The second-order valence-electron chi connectivity index (χ2n) is 7.21. The highest BCUT2D eigenvalue weighted by molar-refractivity contribution is 6.32. The molecular weight excluding hydrogens is 376 g/mol. The first kappa shape index (κ1) is 20.3. The van der Waals surface area contributed by atoms with E-state index >= 15 is 0 Å². The van der Waals surface area contributed by atoms with E-state index in [9.17, 15) is 9.59 Å². The minimum atomic E-state index is -0.625. The molecule has 0 spiro atoms. The van der Waals surface area contributed by atoms with Gasteiger partial charge in [0.15, 0.2) is 6.61 Å². The van der Waals surface area contributed by atoms with Crippen LogP contribution < -0.4 is 4.90 Å². The zero-order valence-corrected chi connectivity index (χ0v) is 17.0. The molecule has 1 aliphatic carbocycles. The molecule has 3 rings (SSSR count). The largest absolute Gasteiger partial charge is 0.452 e. The molecule has 2 aromatic rings. The summed E-state index contributed by atoms with van der Waals surface area (Å²) in [7, 11) is 0. The van der Waals surface area contributed by atoms with E-state index in [4.69, 9.17) is 16.3 Å². The van der Waals surface area contributed by atoms with Crippen molar-refractivity contribution in [1.29, 1.82) is 0 Å². The van der Waals surface area contributed by atoms with Gasteiger partial charge in [0.05, 0.1) is 5.56 Å². The van der Waals surface area contributed by atoms with Crippen LogP contribution in [0.15, 0.2) is 36.4 Å². The summed E-state index contributed by atoms with van der Waals surface area (Å²) in [6, 6.07) is 11.5. The lowest BCUT2D eigenvalue weighted by Gasteiger charge is -2.34. The Morgan fingerprint density at radius 1 is 1.14 bits per heavy atom. The SMILES string of the molecule is Cc1cc(C)c(C(=O)OCC(=O)N(c2ccccc2)C2CCCCC2)c(Cl)n1. The number of rotatable bonds is 5. The molecule has 1 aliphatic rings. The molecule has 6 heteroatoms. The fraction of sp³-hybridized carbons (Fsp3) is 0.409. The van der Waals surface area contributed by atoms with Crippen molar-refractivity contribution in [3.63, 3.8) is 0 Å². The normalized spacial score (nSPS) is 14.5. The number of amides is 1. The maximum atomic E-state index is 13.0. The zero-order valence-electron chi connectivity index (χ0n) is 16.3. The third kappa shape index (κ3) is 4.71. The number of hydrogen-bond donors (Lipinski definition) is 0. The van der Waals surface area contributed by atoms with Gasteiger partial charge in [-0.1, -0.05) is 49.1 Å². The highest BCUT2D eigenvalue weighted by atomic mass is 35.5. The van der Waals surface area contributed by atoms with Crippen LogP contribution in [-0.4, -0.2) is 29.5 Å². The molecule has 1 amide bonds. The van der Waals surface area contributed by atoms with E-state index in [1.807, 2.05) is 30.3 Å². The molecule has 0 N–H and O–H groups in total. The lowest BCUT2D eigenvalue weighted by molar-refractivity contribution is -0.122. The minimum absolute atomic E-state index is 0.0992. The maximum Gasteiger partial charge on any atom is 0.342 e. The van der Waals surface area contributed by atoms with Gasteiger partial charge in [0.25, 0.3) is 5.91 Å². The zero-order chi connectivity index (χ0) is 20.1. The van der Waals surface area contributed by atoms with Gasteiger partial charge in [0.2, 0.25) is 0 Å². The number of benzene rings is 1. The monoisotopic (exact) mass is 400 g/mol. The van der Waals surface area contributed by atoms with Gasteiger partial charge in [-0.3, -0.25) is 4.79 Å². The van der Waals surface area contributed by atoms with Crippen LogP contribution >= 0.6 is 11.6 Å². The van der Waals surface area contributed by atoms with Crippen molar-refractivity contribution in [2.45, 2.75) is 52.0 Å². The van der Waals surface area contributed by atoms with Crippen molar-refractivity contribution >= 4 is 29.2 Å². The fourth-order valence-corrected chi connectivity index (χ4v) is 4.15. The molecular formula is C22H25ClN2O3. The highest BCUT2D eigenvalue weighted by Gasteiger charge is 2.28. The molecule has 1 fully saturated rings. The number of aryl methyl sites for hydroxylation is 2. The van der Waals surface area contributed by atoms with E-state index in [1.54, 1.807) is 24.8 Å². The number of carbonyl (C=O) groups excluding carboxylic acids is 2. The van der Waals surface area contributed by atoms with Crippen LogP contribution in [0.25, 0.3) is 0 Å². The fourth-order valence-electron chi connectivity index (χ4n) is 3.79. The Balaban J connectivity index is 1.74. The molecule has 0 radical (unpaired) electrons. The molecule has 1 heterocycles. The number of aromatic nitrogens is 1. The standard InChI is InChI=1S/C22H25ClN2O3/c1-15-13-16(2)24-21(23)20(15)22(27)28-14-19(26)25(17-9-5-3-6-10-17)18-11-7-4-8-12-18/h3,5-6,9-10,13,18H,4,7-8,11-12,14H2,1-2H3. The van der Waals surface area contributed by atoms with Gasteiger partial charge in [-0.2, -0.15) is 0 Å². The van der Waals surface area contributed by atoms with E-state index in [0.717, 1.165) is 37.1 Å². The maximum absolute atomic E-state index is 13.0. The summed E-state index contributed by atoms with van der Waals surface area (Å²) in [5, 5.41) is 0.0992. The summed E-state index contributed by atoms with van der Waals surface area (Å²) < 4.78 is 5.33. The summed E-state index contributed by atoms with van der Waals surface area (Å²) >= 11 is 6.12. The summed E-state index contributed by atoms with van der Waals surface area (Å²) in [4.78, 5) is 31.4. The van der Waals surface area contributed by atoms with Crippen LogP contribution in [0.2, 0.25) is 5.15 Å². The van der Waals surface area contributed by atoms with Gasteiger partial charge in [-0.05, 0) is 50.5 Å². The van der Waals surface area contributed by atoms with E-state index < -0.39 is 5.97 Å². The van der Waals surface area contributed by atoms with Crippen LogP contribution in [0, 0.1) is 13.8 Å². The number of carbonyl (C=O) groups is 2. The van der Waals surface area contributed by atoms with Crippen molar-refractivity contribution in [3.05, 3.63) is 58.4 Å². The smallest absolute Gasteiger partial charge is 0.342 e. The van der Waals surface area contributed by atoms with Crippen molar-refractivity contribution in [2.24, 2.45) is 0 Å². The lowest BCUT2D eigenvalue weighted by atomic mass is 9.93. The van der Waals surface area contributed by atoms with Crippen LogP contribution in [-0.2, 0) is 9.53 Å². The molecule has 0 atom stereocenters. The molecule has 1 aromatic heterocycles. The number of halogens is 1. The van der Waals surface area contributed by atoms with Gasteiger partial charge in [0.1, 0.15) is 5.15 Å². The molecule has 1 aromatic carbocycles. The van der Waals surface area contributed by atoms with Crippen molar-refractivity contribution < 1.29 is 14.3 Å². The average molecular weight is 401 g/mol. The third-order valence-electron chi connectivity index (χ3n) is 5.07. The number of pyridine rings is 1. The number of hydrogen-bond acceptors (Lipinski definition) is 4. The summed E-state index contributed by atoms with van der Waals surface area (Å²) in [5.41, 5.74) is 2.45. The van der Waals surface area contributed by atoms with Gasteiger partial charge in [-0.25, -0.2) is 9.78 Å². The topological polar surface area (TPSA) is 59.5 Å². The molecule has 1 saturated carbocycles. The molecule has 148 valence electrons. The Kier molecular flexibility index (Phi) is 6.68. The van der Waals surface area contributed by atoms with Gasteiger partial charge in [0, 0.05) is 17.4 Å². The molecule has 0 unspecified atom stereocenters.